The largest absolute Gasteiger partial charge is 0.468 e. The molecule has 1 atom stereocenters. The Hall–Kier alpha value is -1.06. The molecule has 0 aliphatic carbocycles. The van der Waals surface area contributed by atoms with Gasteiger partial charge in [-0.1, -0.05) is 19.1 Å². The summed E-state index contributed by atoms with van der Waals surface area (Å²) in [7, 11) is 1.62. The summed E-state index contributed by atoms with van der Waals surface area (Å²) in [5.41, 5.74) is 1.23. The highest BCUT2D eigenvalue weighted by Gasteiger charge is 2.04. The molecule has 0 aliphatic heterocycles. The molecule has 0 radical (unpaired) electrons. The number of hydrogen-bond donors (Lipinski definition) is 1. The van der Waals surface area contributed by atoms with Crippen molar-refractivity contribution in [2.75, 3.05) is 20.4 Å². The van der Waals surface area contributed by atoms with Crippen LogP contribution in [0.2, 0.25) is 0 Å². The molecule has 0 heterocycles. The molecular weight excluding hydrogens is 190 g/mol. The summed E-state index contributed by atoms with van der Waals surface area (Å²) in [5.74, 6) is 0.846. The van der Waals surface area contributed by atoms with E-state index in [1.807, 2.05) is 18.2 Å². The van der Waals surface area contributed by atoms with E-state index in [9.17, 15) is 0 Å². The first-order valence-corrected chi connectivity index (χ1v) is 5.23. The quantitative estimate of drug-likeness (QED) is 0.729. The third-order valence-corrected chi connectivity index (χ3v) is 2.21. The molecule has 0 amide bonds. The number of rotatable bonds is 6. The smallest absolute Gasteiger partial charge is 0.188 e. The maximum absolute atomic E-state index is 5.37. The third-order valence-electron chi connectivity index (χ3n) is 2.21. The first-order valence-electron chi connectivity index (χ1n) is 5.23. The molecule has 1 unspecified atom stereocenters. The molecule has 0 fully saturated rings. The summed E-state index contributed by atoms with van der Waals surface area (Å²) in [5, 5.41) is 3.36. The zero-order valence-electron chi connectivity index (χ0n) is 9.62. The van der Waals surface area contributed by atoms with Crippen molar-refractivity contribution in [2.45, 2.75) is 19.9 Å². The van der Waals surface area contributed by atoms with E-state index in [1.54, 1.807) is 7.11 Å². The second-order valence-corrected chi connectivity index (χ2v) is 3.40. The first-order chi connectivity index (χ1) is 7.27. The Balaban J connectivity index is 2.64. The first kappa shape index (κ1) is 12.0. The molecule has 0 saturated carbocycles. The predicted octanol–water partition coefficient (Wildman–Crippen LogP) is 2.34. The zero-order valence-corrected chi connectivity index (χ0v) is 9.62. The van der Waals surface area contributed by atoms with Gasteiger partial charge in [-0.05, 0) is 31.2 Å². The summed E-state index contributed by atoms with van der Waals surface area (Å²) in [4.78, 5) is 0. The number of ether oxygens (including phenoxy) is 2. The Morgan fingerprint density at radius 1 is 1.40 bits per heavy atom. The van der Waals surface area contributed by atoms with Crippen molar-refractivity contribution in [2.24, 2.45) is 0 Å². The van der Waals surface area contributed by atoms with Crippen LogP contribution in [0.1, 0.15) is 25.5 Å². The maximum Gasteiger partial charge on any atom is 0.188 e. The minimum atomic E-state index is 0.291. The topological polar surface area (TPSA) is 30.5 Å². The van der Waals surface area contributed by atoms with Crippen molar-refractivity contribution in [3.05, 3.63) is 29.8 Å². The second kappa shape index (κ2) is 6.43. The number of hydrogen-bond acceptors (Lipinski definition) is 3. The average molecular weight is 209 g/mol. The molecule has 0 aliphatic rings. The van der Waals surface area contributed by atoms with Gasteiger partial charge in [0.2, 0.25) is 0 Å². The van der Waals surface area contributed by atoms with Gasteiger partial charge >= 0.3 is 0 Å². The van der Waals surface area contributed by atoms with Crippen LogP contribution in [0.25, 0.3) is 0 Å². The molecule has 1 rings (SSSR count). The predicted molar refractivity (Wildman–Crippen MR) is 61.0 cm³/mol. The summed E-state index contributed by atoms with van der Waals surface area (Å²) in [6.45, 7) is 5.49. The number of methoxy groups -OCH3 is 1. The lowest BCUT2D eigenvalue weighted by molar-refractivity contribution is 0.0510. The van der Waals surface area contributed by atoms with E-state index in [0.717, 1.165) is 12.3 Å². The van der Waals surface area contributed by atoms with Gasteiger partial charge in [-0.2, -0.15) is 0 Å². The SMILES string of the molecule is CCNC(C)c1cccc(OCOC)c1. The van der Waals surface area contributed by atoms with E-state index in [2.05, 4.69) is 25.2 Å². The second-order valence-electron chi connectivity index (χ2n) is 3.40. The van der Waals surface area contributed by atoms with Gasteiger partial charge in [0.05, 0.1) is 0 Å². The van der Waals surface area contributed by atoms with Crippen LogP contribution in [0.4, 0.5) is 0 Å². The minimum absolute atomic E-state index is 0.291. The van der Waals surface area contributed by atoms with E-state index >= 15 is 0 Å². The Morgan fingerprint density at radius 2 is 2.20 bits per heavy atom. The zero-order chi connectivity index (χ0) is 11.1. The van der Waals surface area contributed by atoms with Crippen molar-refractivity contribution in [3.63, 3.8) is 0 Å². The summed E-state index contributed by atoms with van der Waals surface area (Å²) >= 11 is 0. The summed E-state index contributed by atoms with van der Waals surface area (Å²) in [6.07, 6.45) is 0. The lowest BCUT2D eigenvalue weighted by Crippen LogP contribution is -2.17. The molecule has 0 bridgehead atoms. The van der Waals surface area contributed by atoms with Gasteiger partial charge in [-0.15, -0.1) is 0 Å². The average Bonchev–Trinajstić information content (AvgIpc) is 2.27. The fourth-order valence-corrected chi connectivity index (χ4v) is 1.42. The van der Waals surface area contributed by atoms with E-state index in [-0.39, 0.29) is 0 Å². The monoisotopic (exact) mass is 209 g/mol. The van der Waals surface area contributed by atoms with Crippen LogP contribution in [-0.2, 0) is 4.74 Å². The Labute approximate surface area is 91.4 Å². The van der Waals surface area contributed by atoms with Gasteiger partial charge in [-0.25, -0.2) is 0 Å². The lowest BCUT2D eigenvalue weighted by atomic mass is 10.1. The van der Waals surface area contributed by atoms with Crippen LogP contribution in [0.15, 0.2) is 24.3 Å². The maximum atomic E-state index is 5.37. The van der Waals surface area contributed by atoms with Crippen LogP contribution < -0.4 is 10.1 Å². The lowest BCUT2D eigenvalue weighted by Gasteiger charge is -2.14. The van der Waals surface area contributed by atoms with Gasteiger partial charge in [0.25, 0.3) is 0 Å². The molecule has 3 heteroatoms. The highest BCUT2D eigenvalue weighted by Crippen LogP contribution is 2.18. The van der Waals surface area contributed by atoms with Gasteiger partial charge in [0, 0.05) is 13.2 Å². The standard InChI is InChI=1S/C12H19NO2/c1-4-13-10(2)11-6-5-7-12(8-11)15-9-14-3/h5-8,10,13H,4,9H2,1-3H3. The van der Waals surface area contributed by atoms with Crippen molar-refractivity contribution in [1.82, 2.24) is 5.32 Å². The van der Waals surface area contributed by atoms with Crippen LogP contribution in [0.3, 0.4) is 0 Å². The molecule has 0 saturated heterocycles. The van der Waals surface area contributed by atoms with Crippen LogP contribution >= 0.6 is 0 Å². The van der Waals surface area contributed by atoms with Crippen molar-refractivity contribution >= 4 is 0 Å². The van der Waals surface area contributed by atoms with Crippen molar-refractivity contribution in [3.8, 4) is 5.75 Å². The van der Waals surface area contributed by atoms with E-state index < -0.39 is 0 Å². The molecule has 3 nitrogen and oxygen atoms in total. The van der Waals surface area contributed by atoms with E-state index in [0.29, 0.717) is 12.8 Å². The van der Waals surface area contributed by atoms with E-state index in [4.69, 9.17) is 9.47 Å². The number of benzene rings is 1. The molecular formula is C12H19NO2. The Kier molecular flexibility index (Phi) is 5.15. The van der Waals surface area contributed by atoms with E-state index in [1.165, 1.54) is 5.56 Å². The highest BCUT2D eigenvalue weighted by molar-refractivity contribution is 5.30. The van der Waals surface area contributed by atoms with Crippen LogP contribution in [0, 0.1) is 0 Å². The normalized spacial score (nSPS) is 12.5. The van der Waals surface area contributed by atoms with Crippen molar-refractivity contribution < 1.29 is 9.47 Å². The molecule has 1 N–H and O–H groups in total. The highest BCUT2D eigenvalue weighted by atomic mass is 16.7. The van der Waals surface area contributed by atoms with Crippen molar-refractivity contribution in [1.29, 1.82) is 0 Å². The molecule has 1 aromatic carbocycles. The molecule has 0 spiro atoms. The molecule has 0 aromatic heterocycles. The van der Waals surface area contributed by atoms with Crippen LogP contribution in [0.5, 0.6) is 5.75 Å². The van der Waals surface area contributed by atoms with Crippen LogP contribution in [-0.4, -0.2) is 20.4 Å². The summed E-state index contributed by atoms with van der Waals surface area (Å²) in [6, 6.07) is 8.40. The molecule has 1 aromatic rings. The summed E-state index contributed by atoms with van der Waals surface area (Å²) < 4.78 is 10.2. The van der Waals surface area contributed by atoms with Gasteiger partial charge in [0.15, 0.2) is 6.79 Å². The fraction of sp³-hybridized carbons (Fsp3) is 0.500. The molecule has 84 valence electrons. The van der Waals surface area contributed by atoms with Gasteiger partial charge in [0.1, 0.15) is 5.75 Å². The third kappa shape index (κ3) is 3.90. The Bertz CT molecular complexity index is 289. The number of nitrogens with one attached hydrogen (secondary N) is 1. The van der Waals surface area contributed by atoms with Gasteiger partial charge < -0.3 is 14.8 Å². The minimum Gasteiger partial charge on any atom is -0.468 e. The fourth-order valence-electron chi connectivity index (χ4n) is 1.42. The van der Waals surface area contributed by atoms with Gasteiger partial charge in [-0.3, -0.25) is 0 Å². The molecule has 15 heavy (non-hydrogen) atoms. The Morgan fingerprint density at radius 3 is 2.87 bits per heavy atom.